The number of amides is 1. The third kappa shape index (κ3) is 4.72. The molecule has 1 aliphatic heterocycles. The van der Waals surface area contributed by atoms with Crippen molar-refractivity contribution < 1.29 is 22.7 Å². The van der Waals surface area contributed by atoms with Gasteiger partial charge in [-0.25, -0.2) is 13.1 Å². The van der Waals surface area contributed by atoms with E-state index in [0.29, 0.717) is 18.1 Å². The first-order valence-corrected chi connectivity index (χ1v) is 11.1. The number of carbonyl (C=O) groups is 1. The number of hydrogen-bond donors (Lipinski definition) is 2. The first-order valence-electron chi connectivity index (χ1n) is 9.65. The second-order valence-electron chi connectivity index (χ2n) is 6.96. The molecule has 0 saturated carbocycles. The molecule has 156 valence electrons. The van der Waals surface area contributed by atoms with E-state index in [4.69, 9.17) is 9.47 Å². The van der Waals surface area contributed by atoms with E-state index in [1.54, 1.807) is 18.2 Å². The van der Waals surface area contributed by atoms with E-state index in [1.165, 1.54) is 0 Å². The minimum absolute atomic E-state index is 0.00580. The van der Waals surface area contributed by atoms with Crippen molar-refractivity contribution >= 4 is 26.7 Å². The quantitative estimate of drug-likeness (QED) is 0.605. The number of sulfonamides is 1. The molecule has 0 spiro atoms. The lowest BCUT2D eigenvalue weighted by molar-refractivity contribution is -0.121. The molecule has 0 radical (unpaired) electrons. The van der Waals surface area contributed by atoms with Gasteiger partial charge in [-0.05, 0) is 35.0 Å². The summed E-state index contributed by atoms with van der Waals surface area (Å²) >= 11 is 0. The molecule has 1 unspecified atom stereocenters. The number of benzene rings is 3. The Morgan fingerprint density at radius 2 is 1.70 bits per heavy atom. The second kappa shape index (κ2) is 8.73. The van der Waals surface area contributed by atoms with Gasteiger partial charge in [0.15, 0.2) is 11.5 Å². The highest BCUT2D eigenvalue weighted by Gasteiger charge is 2.21. The molecular weight excluding hydrogens is 404 g/mol. The Hall–Kier alpha value is -3.10. The number of ether oxygens (including phenoxy) is 2. The van der Waals surface area contributed by atoms with Crippen LogP contribution in [0.2, 0.25) is 0 Å². The van der Waals surface area contributed by atoms with Crippen LogP contribution in [0.4, 0.5) is 0 Å². The van der Waals surface area contributed by atoms with Gasteiger partial charge in [-0.1, -0.05) is 42.5 Å². The molecule has 0 bridgehead atoms. The zero-order chi connectivity index (χ0) is 21.0. The van der Waals surface area contributed by atoms with Crippen LogP contribution in [0.5, 0.6) is 11.5 Å². The van der Waals surface area contributed by atoms with Gasteiger partial charge in [0.25, 0.3) is 0 Å². The van der Waals surface area contributed by atoms with E-state index in [1.807, 2.05) is 48.5 Å². The molecule has 1 amide bonds. The summed E-state index contributed by atoms with van der Waals surface area (Å²) in [5.41, 5.74) is 0. The van der Waals surface area contributed by atoms with Crippen LogP contribution in [-0.2, 0) is 14.8 Å². The van der Waals surface area contributed by atoms with Crippen LogP contribution in [0.15, 0.2) is 71.6 Å². The molecule has 3 aromatic rings. The van der Waals surface area contributed by atoms with Gasteiger partial charge in [0, 0.05) is 13.0 Å². The van der Waals surface area contributed by atoms with Crippen LogP contribution in [-0.4, -0.2) is 40.1 Å². The normalized spacial score (nSPS) is 15.7. The Morgan fingerprint density at radius 1 is 0.967 bits per heavy atom. The zero-order valence-corrected chi connectivity index (χ0v) is 17.0. The average molecular weight is 426 g/mol. The molecular formula is C22H22N2O5S. The minimum atomic E-state index is -3.69. The van der Waals surface area contributed by atoms with Crippen LogP contribution in [0.1, 0.15) is 6.42 Å². The third-order valence-electron chi connectivity index (χ3n) is 4.77. The standard InChI is InChI=1S/C22H22N2O5S/c25-22(23-14-18-15-28-20-7-3-4-8-21(20)29-18)11-12-24-30(26,27)19-10-9-16-5-1-2-6-17(16)13-19/h1-10,13,18,24H,11-12,14-15H2,(H,23,25). The van der Waals surface area contributed by atoms with Crippen molar-refractivity contribution in [1.29, 1.82) is 0 Å². The van der Waals surface area contributed by atoms with Crippen molar-refractivity contribution in [2.75, 3.05) is 19.7 Å². The molecule has 0 aromatic heterocycles. The highest BCUT2D eigenvalue weighted by Crippen LogP contribution is 2.30. The largest absolute Gasteiger partial charge is 0.486 e. The van der Waals surface area contributed by atoms with Crippen LogP contribution in [0.3, 0.4) is 0 Å². The van der Waals surface area contributed by atoms with Gasteiger partial charge < -0.3 is 14.8 Å². The van der Waals surface area contributed by atoms with E-state index >= 15 is 0 Å². The summed E-state index contributed by atoms with van der Waals surface area (Å²) in [6.45, 7) is 0.627. The van der Waals surface area contributed by atoms with Gasteiger partial charge in [-0.2, -0.15) is 0 Å². The van der Waals surface area contributed by atoms with E-state index < -0.39 is 10.0 Å². The number of fused-ring (bicyclic) bond motifs is 2. The Balaban J connectivity index is 1.25. The van der Waals surface area contributed by atoms with Gasteiger partial charge in [0.1, 0.15) is 12.7 Å². The van der Waals surface area contributed by atoms with Crippen molar-refractivity contribution in [1.82, 2.24) is 10.0 Å². The first kappa shape index (κ1) is 20.2. The molecule has 0 fully saturated rings. The van der Waals surface area contributed by atoms with Gasteiger partial charge in [-0.15, -0.1) is 0 Å². The average Bonchev–Trinajstić information content (AvgIpc) is 2.77. The third-order valence-corrected chi connectivity index (χ3v) is 6.23. The van der Waals surface area contributed by atoms with E-state index in [2.05, 4.69) is 10.0 Å². The lowest BCUT2D eigenvalue weighted by atomic mass is 10.1. The maximum atomic E-state index is 12.5. The molecule has 8 heteroatoms. The molecule has 2 N–H and O–H groups in total. The fraction of sp³-hybridized carbons (Fsp3) is 0.227. The summed E-state index contributed by atoms with van der Waals surface area (Å²) in [6, 6.07) is 19.8. The Labute approximate surface area is 175 Å². The summed E-state index contributed by atoms with van der Waals surface area (Å²) in [6.07, 6.45) is -0.269. The predicted octanol–water partition coefficient (Wildman–Crippen LogP) is 2.46. The summed E-state index contributed by atoms with van der Waals surface area (Å²) < 4.78 is 38.9. The number of carbonyl (C=O) groups excluding carboxylic acids is 1. The number of para-hydroxylation sites is 2. The molecule has 0 aliphatic carbocycles. The number of nitrogens with one attached hydrogen (secondary N) is 2. The van der Waals surface area contributed by atoms with E-state index in [9.17, 15) is 13.2 Å². The topological polar surface area (TPSA) is 93.7 Å². The maximum absolute atomic E-state index is 12.5. The van der Waals surface area contributed by atoms with E-state index in [-0.39, 0.29) is 36.4 Å². The Kier molecular flexibility index (Phi) is 5.87. The highest BCUT2D eigenvalue weighted by molar-refractivity contribution is 7.89. The zero-order valence-electron chi connectivity index (χ0n) is 16.2. The minimum Gasteiger partial charge on any atom is -0.486 e. The van der Waals surface area contributed by atoms with Crippen molar-refractivity contribution in [3.05, 3.63) is 66.7 Å². The van der Waals surface area contributed by atoms with Crippen LogP contribution >= 0.6 is 0 Å². The smallest absolute Gasteiger partial charge is 0.240 e. The molecule has 1 atom stereocenters. The Morgan fingerprint density at radius 3 is 2.53 bits per heavy atom. The molecule has 1 heterocycles. The fourth-order valence-electron chi connectivity index (χ4n) is 3.20. The summed E-state index contributed by atoms with van der Waals surface area (Å²) in [5.74, 6) is 1.06. The van der Waals surface area contributed by atoms with Gasteiger partial charge >= 0.3 is 0 Å². The summed E-state index contributed by atoms with van der Waals surface area (Å²) in [7, 11) is -3.69. The van der Waals surface area contributed by atoms with Gasteiger partial charge in [-0.3, -0.25) is 4.79 Å². The van der Waals surface area contributed by atoms with Crippen molar-refractivity contribution in [2.24, 2.45) is 0 Å². The maximum Gasteiger partial charge on any atom is 0.240 e. The highest BCUT2D eigenvalue weighted by atomic mass is 32.2. The molecule has 4 rings (SSSR count). The lowest BCUT2D eigenvalue weighted by Crippen LogP contribution is -2.41. The molecule has 30 heavy (non-hydrogen) atoms. The molecule has 1 aliphatic rings. The number of hydrogen-bond acceptors (Lipinski definition) is 5. The monoisotopic (exact) mass is 426 g/mol. The van der Waals surface area contributed by atoms with Gasteiger partial charge in [0.05, 0.1) is 11.4 Å². The van der Waals surface area contributed by atoms with Crippen molar-refractivity contribution in [2.45, 2.75) is 17.4 Å². The van der Waals surface area contributed by atoms with Gasteiger partial charge in [0.2, 0.25) is 15.9 Å². The molecule has 7 nitrogen and oxygen atoms in total. The lowest BCUT2D eigenvalue weighted by Gasteiger charge is -2.26. The molecule has 0 saturated heterocycles. The van der Waals surface area contributed by atoms with Crippen LogP contribution in [0, 0.1) is 0 Å². The predicted molar refractivity (Wildman–Crippen MR) is 113 cm³/mol. The van der Waals surface area contributed by atoms with Crippen LogP contribution < -0.4 is 19.5 Å². The summed E-state index contributed by atoms with van der Waals surface area (Å²) in [5, 5.41) is 4.56. The Bertz CT molecular complexity index is 1160. The number of rotatable bonds is 7. The first-order chi connectivity index (χ1) is 14.5. The van der Waals surface area contributed by atoms with Crippen molar-refractivity contribution in [3.8, 4) is 11.5 Å². The fourth-order valence-corrected chi connectivity index (χ4v) is 4.26. The van der Waals surface area contributed by atoms with Crippen molar-refractivity contribution in [3.63, 3.8) is 0 Å². The SMILES string of the molecule is O=C(CCNS(=O)(=O)c1ccc2ccccc2c1)NCC1COc2ccccc2O1. The molecule has 3 aromatic carbocycles. The van der Waals surface area contributed by atoms with E-state index in [0.717, 1.165) is 10.8 Å². The van der Waals surface area contributed by atoms with Crippen LogP contribution in [0.25, 0.3) is 10.8 Å². The summed E-state index contributed by atoms with van der Waals surface area (Å²) in [4.78, 5) is 12.3. The second-order valence-corrected chi connectivity index (χ2v) is 8.73.